The number of anilines is 2. The molecule has 1 heterocycles. The summed E-state index contributed by atoms with van der Waals surface area (Å²) < 4.78 is 58.4. The summed E-state index contributed by atoms with van der Waals surface area (Å²) in [5.74, 6) is -1.90. The van der Waals surface area contributed by atoms with Crippen LogP contribution in [0.1, 0.15) is 12.8 Å². The zero-order valence-corrected chi connectivity index (χ0v) is 17.1. The van der Waals surface area contributed by atoms with Crippen LogP contribution in [0.5, 0.6) is 5.75 Å². The number of benzene rings is 2. The van der Waals surface area contributed by atoms with Gasteiger partial charge < -0.3 is 10.1 Å². The third-order valence-corrected chi connectivity index (χ3v) is 5.97. The number of carbonyl (C=O) groups excluding carboxylic acids is 1. The molecule has 7 nitrogen and oxygen atoms in total. The van der Waals surface area contributed by atoms with Crippen LogP contribution < -0.4 is 14.8 Å². The average Bonchev–Trinajstić information content (AvgIpc) is 3.19. The number of ether oxygens (including phenoxy) is 1. The number of rotatable bonds is 9. The van der Waals surface area contributed by atoms with Gasteiger partial charge in [-0.05, 0) is 42.8 Å². The second-order valence-corrected chi connectivity index (χ2v) is 8.62. The van der Waals surface area contributed by atoms with E-state index in [9.17, 15) is 22.0 Å². The van der Waals surface area contributed by atoms with Gasteiger partial charge in [0.2, 0.25) is 5.91 Å². The van der Waals surface area contributed by atoms with Gasteiger partial charge in [-0.1, -0.05) is 0 Å². The molecular weight excluding hydrogens is 436 g/mol. The van der Waals surface area contributed by atoms with Crippen LogP contribution in [0.25, 0.3) is 0 Å². The highest BCUT2D eigenvalue weighted by Crippen LogP contribution is 2.20. The smallest absolute Gasteiger partial charge is 0.263 e. The van der Waals surface area contributed by atoms with Crippen LogP contribution in [0.3, 0.4) is 0 Å². The van der Waals surface area contributed by atoms with Crippen molar-refractivity contribution >= 4 is 38.1 Å². The minimum absolute atomic E-state index is 0.0328. The molecular formula is C19H17F2N3O4S2. The quantitative estimate of drug-likeness (QED) is 0.477. The van der Waals surface area contributed by atoms with Gasteiger partial charge in [0.1, 0.15) is 5.82 Å². The van der Waals surface area contributed by atoms with Gasteiger partial charge >= 0.3 is 0 Å². The Labute approximate surface area is 175 Å². The molecule has 1 aromatic heterocycles. The highest BCUT2D eigenvalue weighted by molar-refractivity contribution is 7.93. The molecule has 0 aliphatic carbocycles. The third kappa shape index (κ3) is 5.97. The van der Waals surface area contributed by atoms with E-state index in [2.05, 4.69) is 15.0 Å². The molecule has 0 spiro atoms. The number of amides is 1. The first kappa shape index (κ1) is 21.7. The minimum atomic E-state index is -3.76. The lowest BCUT2D eigenvalue weighted by atomic mass is 10.2. The number of nitrogens with one attached hydrogen (secondary N) is 2. The van der Waals surface area contributed by atoms with Crippen molar-refractivity contribution in [2.24, 2.45) is 0 Å². The zero-order valence-electron chi connectivity index (χ0n) is 15.5. The molecule has 0 atom stereocenters. The molecule has 3 rings (SSSR count). The van der Waals surface area contributed by atoms with Crippen LogP contribution in [0.15, 0.2) is 58.9 Å². The lowest BCUT2D eigenvalue weighted by molar-refractivity contribution is -0.116. The summed E-state index contributed by atoms with van der Waals surface area (Å²) >= 11 is 1.16. The van der Waals surface area contributed by atoms with Crippen molar-refractivity contribution in [2.45, 2.75) is 17.7 Å². The topological polar surface area (TPSA) is 97.4 Å². The van der Waals surface area contributed by atoms with E-state index in [1.807, 2.05) is 0 Å². The Morgan fingerprint density at radius 3 is 2.57 bits per heavy atom. The van der Waals surface area contributed by atoms with Crippen LogP contribution in [-0.2, 0) is 14.8 Å². The first-order valence-electron chi connectivity index (χ1n) is 8.73. The van der Waals surface area contributed by atoms with Crippen molar-refractivity contribution in [1.82, 2.24) is 4.98 Å². The molecule has 30 heavy (non-hydrogen) atoms. The van der Waals surface area contributed by atoms with Crippen molar-refractivity contribution in [2.75, 3.05) is 16.6 Å². The summed E-state index contributed by atoms with van der Waals surface area (Å²) in [6.45, 7) is 0.0789. The SMILES string of the molecule is O=C(CCCOc1ccc(F)cc1F)Nc1ccc(S(=O)(=O)Nc2nccs2)cc1. The fraction of sp³-hybridized carbons (Fsp3) is 0.158. The highest BCUT2D eigenvalue weighted by Gasteiger charge is 2.15. The van der Waals surface area contributed by atoms with Gasteiger partial charge in [0.25, 0.3) is 10.0 Å². The highest BCUT2D eigenvalue weighted by atomic mass is 32.2. The van der Waals surface area contributed by atoms with Gasteiger partial charge in [0.15, 0.2) is 16.7 Å². The maximum atomic E-state index is 13.5. The number of carbonyl (C=O) groups is 1. The van der Waals surface area contributed by atoms with E-state index >= 15 is 0 Å². The van der Waals surface area contributed by atoms with Gasteiger partial charge in [-0.25, -0.2) is 22.2 Å². The molecule has 3 aromatic rings. The Kier molecular flexibility index (Phi) is 6.95. The molecule has 0 bridgehead atoms. The van der Waals surface area contributed by atoms with E-state index in [1.165, 1.54) is 36.5 Å². The van der Waals surface area contributed by atoms with Gasteiger partial charge in [-0.15, -0.1) is 11.3 Å². The molecule has 0 aliphatic heterocycles. The largest absolute Gasteiger partial charge is 0.491 e. The number of hydrogen-bond donors (Lipinski definition) is 2. The number of aromatic nitrogens is 1. The molecule has 11 heteroatoms. The van der Waals surface area contributed by atoms with Crippen molar-refractivity contribution in [3.63, 3.8) is 0 Å². The second kappa shape index (κ2) is 9.63. The summed E-state index contributed by atoms with van der Waals surface area (Å²) in [6.07, 6.45) is 1.91. The standard InChI is InChI=1S/C19H17F2N3O4S2/c20-13-3-8-17(16(21)12-13)28-10-1-2-18(25)23-14-4-6-15(7-5-14)30(26,27)24-19-22-9-11-29-19/h3-9,11-12H,1-2,10H2,(H,22,24)(H,23,25). The predicted octanol–water partition coefficient (Wildman–Crippen LogP) is 4.02. The number of nitrogens with zero attached hydrogens (tertiary/aromatic N) is 1. The predicted molar refractivity (Wildman–Crippen MR) is 109 cm³/mol. The Hall–Kier alpha value is -3.05. The number of sulfonamides is 1. The molecule has 2 aromatic carbocycles. The summed E-state index contributed by atoms with van der Waals surface area (Å²) in [6, 6.07) is 8.67. The van der Waals surface area contributed by atoms with E-state index in [4.69, 9.17) is 4.74 Å². The fourth-order valence-electron chi connectivity index (χ4n) is 2.40. The molecule has 158 valence electrons. The Bertz CT molecular complexity index is 1110. The maximum absolute atomic E-state index is 13.5. The average molecular weight is 453 g/mol. The molecule has 0 saturated carbocycles. The van der Waals surface area contributed by atoms with Gasteiger partial charge in [-0.2, -0.15) is 0 Å². The van der Waals surface area contributed by atoms with Gasteiger partial charge in [0.05, 0.1) is 11.5 Å². The van der Waals surface area contributed by atoms with Gasteiger partial charge in [0, 0.05) is 29.8 Å². The van der Waals surface area contributed by atoms with Crippen LogP contribution in [-0.4, -0.2) is 25.9 Å². The zero-order chi connectivity index (χ0) is 21.6. The summed E-state index contributed by atoms with van der Waals surface area (Å²) in [5.41, 5.74) is 0.429. The third-order valence-electron chi connectivity index (χ3n) is 3.80. The first-order chi connectivity index (χ1) is 14.3. The fourth-order valence-corrected chi connectivity index (χ4v) is 4.18. The van der Waals surface area contributed by atoms with E-state index < -0.39 is 21.7 Å². The van der Waals surface area contributed by atoms with E-state index in [-0.39, 0.29) is 34.7 Å². The number of thiazole rings is 1. The van der Waals surface area contributed by atoms with Crippen LogP contribution >= 0.6 is 11.3 Å². The van der Waals surface area contributed by atoms with E-state index in [0.717, 1.165) is 23.5 Å². The van der Waals surface area contributed by atoms with E-state index in [1.54, 1.807) is 5.38 Å². The molecule has 0 saturated heterocycles. The van der Waals surface area contributed by atoms with E-state index in [0.29, 0.717) is 12.1 Å². The lowest BCUT2D eigenvalue weighted by Gasteiger charge is -2.09. The Balaban J connectivity index is 1.46. The maximum Gasteiger partial charge on any atom is 0.263 e. The number of hydrogen-bond acceptors (Lipinski definition) is 6. The lowest BCUT2D eigenvalue weighted by Crippen LogP contribution is -2.14. The summed E-state index contributed by atoms with van der Waals surface area (Å²) in [5, 5.41) is 4.55. The molecule has 0 radical (unpaired) electrons. The second-order valence-electron chi connectivity index (χ2n) is 6.04. The Morgan fingerprint density at radius 1 is 1.13 bits per heavy atom. The molecule has 0 fully saturated rings. The summed E-state index contributed by atoms with van der Waals surface area (Å²) in [7, 11) is -3.76. The van der Waals surface area contributed by atoms with Gasteiger partial charge in [-0.3, -0.25) is 9.52 Å². The normalized spacial score (nSPS) is 11.1. The van der Waals surface area contributed by atoms with Crippen LogP contribution in [0.4, 0.5) is 19.6 Å². The van der Waals surface area contributed by atoms with Crippen molar-refractivity contribution < 1.29 is 26.7 Å². The van der Waals surface area contributed by atoms with Crippen molar-refractivity contribution in [3.05, 3.63) is 65.7 Å². The monoisotopic (exact) mass is 453 g/mol. The van der Waals surface area contributed by atoms with Crippen molar-refractivity contribution in [3.8, 4) is 5.75 Å². The number of halogens is 2. The Morgan fingerprint density at radius 2 is 1.90 bits per heavy atom. The molecule has 1 amide bonds. The molecule has 2 N–H and O–H groups in total. The molecule has 0 aliphatic rings. The summed E-state index contributed by atoms with van der Waals surface area (Å²) in [4.78, 5) is 15.9. The van der Waals surface area contributed by atoms with Crippen LogP contribution in [0.2, 0.25) is 0 Å². The first-order valence-corrected chi connectivity index (χ1v) is 11.1. The minimum Gasteiger partial charge on any atom is -0.491 e. The van der Waals surface area contributed by atoms with Crippen molar-refractivity contribution in [1.29, 1.82) is 0 Å². The van der Waals surface area contributed by atoms with Crippen LogP contribution in [0, 0.1) is 11.6 Å². The molecule has 0 unspecified atom stereocenters.